The second-order valence-corrected chi connectivity index (χ2v) is 8.84. The predicted octanol–water partition coefficient (Wildman–Crippen LogP) is 5.00. The minimum absolute atomic E-state index is 0.0667. The van der Waals surface area contributed by atoms with E-state index in [1.807, 2.05) is 50.2 Å². The Hall–Kier alpha value is -3.59. The maximum atomic E-state index is 14.9. The molecule has 2 aromatic heterocycles. The van der Waals surface area contributed by atoms with E-state index in [4.69, 9.17) is 5.10 Å². The lowest BCUT2D eigenvalue weighted by Gasteiger charge is -2.17. The highest BCUT2D eigenvalue weighted by atomic mass is 32.2. The Kier molecular flexibility index (Phi) is 5.41. The number of carbonyl (C=O) groups is 1. The van der Waals surface area contributed by atoms with Crippen molar-refractivity contribution < 1.29 is 13.6 Å². The molecule has 33 heavy (non-hydrogen) atoms. The summed E-state index contributed by atoms with van der Waals surface area (Å²) >= 11 is 1.22. The molecule has 4 aromatic rings. The largest absolute Gasteiger partial charge is 0.309 e. The molecule has 0 bridgehead atoms. The summed E-state index contributed by atoms with van der Waals surface area (Å²) in [5.74, 6) is -0.672. The van der Waals surface area contributed by atoms with Crippen molar-refractivity contribution in [3.8, 4) is 17.2 Å². The van der Waals surface area contributed by atoms with Gasteiger partial charge in [0.1, 0.15) is 17.5 Å². The number of carbonyl (C=O) groups excluding carboxylic acids is 1. The average Bonchev–Trinajstić information content (AvgIpc) is 3.06. The second-order valence-electron chi connectivity index (χ2n) is 7.74. The van der Waals surface area contributed by atoms with Gasteiger partial charge in [-0.25, -0.2) is 18.7 Å². The van der Waals surface area contributed by atoms with Crippen molar-refractivity contribution in [2.75, 3.05) is 11.1 Å². The molecule has 6 nitrogen and oxygen atoms in total. The summed E-state index contributed by atoms with van der Waals surface area (Å²) in [7, 11) is 0. The number of fused-ring (bicyclic) bond motifs is 1. The van der Waals surface area contributed by atoms with E-state index in [-0.39, 0.29) is 23.2 Å². The van der Waals surface area contributed by atoms with Crippen LogP contribution in [-0.2, 0) is 4.79 Å². The minimum atomic E-state index is -0.676. The molecule has 0 fully saturated rings. The third-order valence-electron chi connectivity index (χ3n) is 5.27. The number of anilines is 1. The molecule has 1 aliphatic rings. The molecule has 5 rings (SSSR count). The van der Waals surface area contributed by atoms with Crippen LogP contribution in [0.25, 0.3) is 17.2 Å². The molecule has 0 unspecified atom stereocenters. The number of benzene rings is 2. The number of aromatic nitrogens is 4. The molecule has 3 heterocycles. The fourth-order valence-corrected chi connectivity index (χ4v) is 5.07. The number of nitrogens with zero attached hydrogens (tertiary/aromatic N) is 4. The first-order valence-corrected chi connectivity index (χ1v) is 11.3. The van der Waals surface area contributed by atoms with Crippen LogP contribution in [-0.4, -0.2) is 31.4 Å². The summed E-state index contributed by atoms with van der Waals surface area (Å²) in [6.07, 6.45) is 0. The van der Waals surface area contributed by atoms with Crippen LogP contribution in [0.1, 0.15) is 27.8 Å². The summed E-state index contributed by atoms with van der Waals surface area (Å²) < 4.78 is 30.5. The summed E-state index contributed by atoms with van der Waals surface area (Å²) in [4.78, 5) is 21.7. The van der Waals surface area contributed by atoms with Gasteiger partial charge in [0, 0.05) is 28.1 Å². The fourth-order valence-electron chi connectivity index (χ4n) is 3.93. The predicted molar refractivity (Wildman–Crippen MR) is 123 cm³/mol. The van der Waals surface area contributed by atoms with E-state index in [1.165, 1.54) is 22.5 Å². The first-order chi connectivity index (χ1) is 15.9. The quantitative estimate of drug-likeness (QED) is 0.463. The van der Waals surface area contributed by atoms with Crippen LogP contribution in [0.4, 0.5) is 14.6 Å². The number of halogens is 2. The van der Waals surface area contributed by atoms with E-state index in [2.05, 4.69) is 15.3 Å². The van der Waals surface area contributed by atoms with Gasteiger partial charge >= 0.3 is 0 Å². The number of nitrogens with one attached hydrogen (secondary N) is 1. The van der Waals surface area contributed by atoms with Crippen LogP contribution in [0.15, 0.2) is 54.6 Å². The third kappa shape index (κ3) is 4.00. The maximum absolute atomic E-state index is 14.9. The van der Waals surface area contributed by atoms with Gasteiger partial charge in [0.2, 0.25) is 5.91 Å². The normalized spacial score (nSPS) is 15.6. The lowest BCUT2D eigenvalue weighted by atomic mass is 9.99. The van der Waals surface area contributed by atoms with Crippen LogP contribution >= 0.6 is 11.8 Å². The average molecular weight is 464 g/mol. The van der Waals surface area contributed by atoms with Gasteiger partial charge in [0.15, 0.2) is 0 Å². The molecule has 1 N–H and O–H groups in total. The number of thioether (sulfide) groups is 1. The molecule has 1 atom stereocenters. The standard InChI is InChI=1S/C24H19F2N5OS/c1-13-10-14(2)28-24(27-13)31-23-20(21(30-31)15-6-4-3-5-7-15)22(33-12-19(32)29-23)17-11-16(25)8-9-18(17)26/h3-11,22H,12H2,1-2H3,(H,29,32)/t22-/m0/s1. The van der Waals surface area contributed by atoms with Crippen molar-refractivity contribution >= 4 is 23.5 Å². The van der Waals surface area contributed by atoms with Crippen molar-refractivity contribution in [3.63, 3.8) is 0 Å². The Bertz CT molecular complexity index is 1350. The lowest BCUT2D eigenvalue weighted by Crippen LogP contribution is -2.17. The van der Waals surface area contributed by atoms with Crippen LogP contribution in [0.5, 0.6) is 0 Å². The van der Waals surface area contributed by atoms with E-state index >= 15 is 0 Å². The van der Waals surface area contributed by atoms with Gasteiger partial charge in [0.25, 0.3) is 5.95 Å². The zero-order chi connectivity index (χ0) is 23.1. The molecule has 0 saturated carbocycles. The molecule has 166 valence electrons. The molecule has 1 aliphatic heterocycles. The van der Waals surface area contributed by atoms with Crippen molar-refractivity contribution in [3.05, 3.63) is 88.7 Å². The molecular weight excluding hydrogens is 444 g/mol. The topological polar surface area (TPSA) is 72.7 Å². The summed E-state index contributed by atoms with van der Waals surface area (Å²) in [5.41, 5.74) is 3.52. The van der Waals surface area contributed by atoms with Crippen molar-refractivity contribution in [2.45, 2.75) is 19.1 Å². The summed E-state index contributed by atoms with van der Waals surface area (Å²) in [6, 6.07) is 14.6. The summed E-state index contributed by atoms with van der Waals surface area (Å²) in [5, 5.41) is 6.99. The van der Waals surface area contributed by atoms with E-state index in [9.17, 15) is 13.6 Å². The van der Waals surface area contributed by atoms with Gasteiger partial charge in [-0.2, -0.15) is 9.78 Å². The van der Waals surface area contributed by atoms with Crippen LogP contribution in [0, 0.1) is 25.5 Å². The third-order valence-corrected chi connectivity index (χ3v) is 6.52. The van der Waals surface area contributed by atoms with Gasteiger partial charge in [-0.15, -0.1) is 11.8 Å². The van der Waals surface area contributed by atoms with Crippen LogP contribution in [0.2, 0.25) is 0 Å². The molecule has 2 aromatic carbocycles. The lowest BCUT2D eigenvalue weighted by molar-refractivity contribution is -0.113. The highest BCUT2D eigenvalue weighted by molar-refractivity contribution is 8.00. The number of hydrogen-bond acceptors (Lipinski definition) is 5. The highest BCUT2D eigenvalue weighted by Crippen LogP contribution is 2.47. The first-order valence-electron chi connectivity index (χ1n) is 10.3. The van der Waals surface area contributed by atoms with E-state index < -0.39 is 16.9 Å². The number of hydrogen-bond donors (Lipinski definition) is 1. The number of aryl methyl sites for hydroxylation is 2. The minimum Gasteiger partial charge on any atom is -0.309 e. The number of amides is 1. The Balaban J connectivity index is 1.83. The highest BCUT2D eigenvalue weighted by Gasteiger charge is 2.34. The van der Waals surface area contributed by atoms with E-state index in [0.29, 0.717) is 17.1 Å². The second kappa shape index (κ2) is 8.40. The molecule has 0 aliphatic carbocycles. The van der Waals surface area contributed by atoms with Crippen LogP contribution < -0.4 is 5.32 Å². The fraction of sp³-hybridized carbons (Fsp3) is 0.167. The van der Waals surface area contributed by atoms with Crippen LogP contribution in [0.3, 0.4) is 0 Å². The van der Waals surface area contributed by atoms with Gasteiger partial charge in [0.05, 0.1) is 16.7 Å². The zero-order valence-corrected chi connectivity index (χ0v) is 18.7. The first kappa shape index (κ1) is 21.3. The zero-order valence-electron chi connectivity index (χ0n) is 17.8. The molecule has 0 saturated heterocycles. The van der Waals surface area contributed by atoms with E-state index in [0.717, 1.165) is 29.1 Å². The SMILES string of the molecule is Cc1cc(C)nc(-n2nc(-c3ccccc3)c3c2NC(=O)CS[C@H]3c2cc(F)ccc2F)n1. The Labute approximate surface area is 193 Å². The van der Waals surface area contributed by atoms with Gasteiger partial charge in [-0.05, 0) is 38.1 Å². The summed E-state index contributed by atoms with van der Waals surface area (Å²) in [6.45, 7) is 3.69. The maximum Gasteiger partial charge on any atom is 0.252 e. The molecule has 0 spiro atoms. The monoisotopic (exact) mass is 463 g/mol. The van der Waals surface area contributed by atoms with Crippen molar-refractivity contribution in [1.82, 2.24) is 19.7 Å². The van der Waals surface area contributed by atoms with Crippen molar-refractivity contribution in [2.24, 2.45) is 0 Å². The molecule has 9 heteroatoms. The Morgan fingerprint density at radius 2 is 1.76 bits per heavy atom. The number of rotatable bonds is 3. The molecule has 0 radical (unpaired) electrons. The van der Waals surface area contributed by atoms with E-state index in [1.54, 1.807) is 0 Å². The Morgan fingerprint density at radius 3 is 2.48 bits per heavy atom. The smallest absolute Gasteiger partial charge is 0.252 e. The molecule has 1 amide bonds. The van der Waals surface area contributed by atoms with Gasteiger partial charge in [-0.3, -0.25) is 4.79 Å². The Morgan fingerprint density at radius 1 is 1.03 bits per heavy atom. The molecular formula is C24H19F2N5OS. The van der Waals surface area contributed by atoms with Gasteiger partial charge in [-0.1, -0.05) is 30.3 Å². The van der Waals surface area contributed by atoms with Crippen molar-refractivity contribution in [1.29, 1.82) is 0 Å². The van der Waals surface area contributed by atoms with Gasteiger partial charge < -0.3 is 5.32 Å².